The molecular formula is C17H27NO. The Hall–Kier alpha value is -1.02. The summed E-state index contributed by atoms with van der Waals surface area (Å²) in [5.74, 6) is 1.29. The van der Waals surface area contributed by atoms with E-state index in [1.165, 1.54) is 32.1 Å². The van der Waals surface area contributed by atoms with Crippen LogP contribution in [-0.2, 0) is 0 Å². The fourth-order valence-electron chi connectivity index (χ4n) is 3.15. The van der Waals surface area contributed by atoms with Gasteiger partial charge in [0.15, 0.2) is 0 Å². The van der Waals surface area contributed by atoms with Crippen molar-refractivity contribution in [3.8, 4) is 5.75 Å². The van der Waals surface area contributed by atoms with Crippen LogP contribution in [0, 0.1) is 5.92 Å². The Kier molecular flexibility index (Phi) is 5.26. The van der Waals surface area contributed by atoms with E-state index < -0.39 is 0 Å². The lowest BCUT2D eigenvalue weighted by Crippen LogP contribution is -2.32. The highest BCUT2D eigenvalue weighted by atomic mass is 16.3. The second kappa shape index (κ2) is 6.95. The molecule has 1 aliphatic carbocycles. The minimum atomic E-state index is 0.277. The van der Waals surface area contributed by atoms with Crippen LogP contribution in [0.1, 0.15) is 64.0 Å². The molecule has 106 valence electrons. The summed E-state index contributed by atoms with van der Waals surface area (Å²) in [6.45, 7) is 4.55. The van der Waals surface area contributed by atoms with E-state index in [-0.39, 0.29) is 6.04 Å². The van der Waals surface area contributed by atoms with Gasteiger partial charge in [-0.05, 0) is 37.7 Å². The van der Waals surface area contributed by atoms with E-state index in [4.69, 9.17) is 0 Å². The minimum absolute atomic E-state index is 0.277. The van der Waals surface area contributed by atoms with Gasteiger partial charge >= 0.3 is 0 Å². The van der Waals surface area contributed by atoms with E-state index in [0.29, 0.717) is 11.8 Å². The van der Waals surface area contributed by atoms with Gasteiger partial charge in [0.1, 0.15) is 5.75 Å². The van der Waals surface area contributed by atoms with Gasteiger partial charge in [-0.3, -0.25) is 0 Å². The average molecular weight is 261 g/mol. The van der Waals surface area contributed by atoms with Crippen LogP contribution in [0.2, 0.25) is 0 Å². The fourth-order valence-corrected chi connectivity index (χ4v) is 3.15. The van der Waals surface area contributed by atoms with Crippen molar-refractivity contribution in [3.63, 3.8) is 0 Å². The molecule has 0 radical (unpaired) electrons. The topological polar surface area (TPSA) is 32.3 Å². The zero-order chi connectivity index (χ0) is 13.7. The van der Waals surface area contributed by atoms with Gasteiger partial charge in [-0.1, -0.05) is 44.9 Å². The van der Waals surface area contributed by atoms with E-state index in [1.54, 1.807) is 6.07 Å². The summed E-state index contributed by atoms with van der Waals surface area (Å²) >= 11 is 0. The van der Waals surface area contributed by atoms with Crippen molar-refractivity contribution in [1.82, 2.24) is 5.32 Å². The molecule has 1 aromatic carbocycles. The van der Waals surface area contributed by atoms with Crippen LogP contribution in [0.15, 0.2) is 24.3 Å². The summed E-state index contributed by atoms with van der Waals surface area (Å²) in [6.07, 6.45) is 7.58. The second-order valence-corrected chi connectivity index (χ2v) is 6.00. The highest BCUT2D eigenvalue weighted by molar-refractivity contribution is 5.34. The third kappa shape index (κ3) is 3.97. The molecule has 0 amide bonds. The molecule has 2 N–H and O–H groups in total. The van der Waals surface area contributed by atoms with Crippen LogP contribution in [0.5, 0.6) is 5.75 Å². The van der Waals surface area contributed by atoms with Gasteiger partial charge in [-0.2, -0.15) is 0 Å². The molecule has 2 nitrogen and oxygen atoms in total. The summed E-state index contributed by atoms with van der Waals surface area (Å²) < 4.78 is 0. The number of benzene rings is 1. The molecule has 3 atom stereocenters. The van der Waals surface area contributed by atoms with Crippen LogP contribution < -0.4 is 5.32 Å². The zero-order valence-corrected chi connectivity index (χ0v) is 12.2. The molecule has 1 aromatic rings. The average Bonchev–Trinajstić information content (AvgIpc) is 2.62. The van der Waals surface area contributed by atoms with Crippen molar-refractivity contribution >= 4 is 0 Å². The van der Waals surface area contributed by atoms with Crippen molar-refractivity contribution in [2.45, 2.75) is 64.5 Å². The van der Waals surface area contributed by atoms with Crippen LogP contribution in [0.25, 0.3) is 0 Å². The van der Waals surface area contributed by atoms with Crippen molar-refractivity contribution in [1.29, 1.82) is 0 Å². The maximum Gasteiger partial charge on any atom is 0.120 e. The van der Waals surface area contributed by atoms with Crippen molar-refractivity contribution in [2.24, 2.45) is 5.92 Å². The summed E-state index contributed by atoms with van der Waals surface area (Å²) in [4.78, 5) is 0. The number of nitrogens with one attached hydrogen (secondary N) is 1. The summed E-state index contributed by atoms with van der Waals surface area (Å²) in [5.41, 5.74) is 1.04. The standard InChI is InChI=1S/C17H27NO/c1-3-16(15-9-4-5-10-17(15)19)18-14-8-6-7-13(2)11-12-14/h4-5,9-10,13-14,16,18-19H,3,6-8,11-12H2,1-2H3. The van der Waals surface area contributed by atoms with Gasteiger partial charge in [0.25, 0.3) is 0 Å². The highest BCUT2D eigenvalue weighted by Gasteiger charge is 2.20. The predicted octanol–water partition coefficient (Wildman–Crippen LogP) is 4.40. The molecule has 2 rings (SSSR count). The van der Waals surface area contributed by atoms with Crippen LogP contribution >= 0.6 is 0 Å². The van der Waals surface area contributed by atoms with E-state index in [1.807, 2.05) is 18.2 Å². The Morgan fingerprint density at radius 1 is 1.21 bits per heavy atom. The second-order valence-electron chi connectivity index (χ2n) is 6.00. The number of phenols is 1. The van der Waals surface area contributed by atoms with Crippen molar-refractivity contribution in [2.75, 3.05) is 0 Å². The Morgan fingerprint density at radius 2 is 2.00 bits per heavy atom. The van der Waals surface area contributed by atoms with E-state index in [0.717, 1.165) is 17.9 Å². The van der Waals surface area contributed by atoms with Gasteiger partial charge in [-0.25, -0.2) is 0 Å². The maximum atomic E-state index is 10.00. The fraction of sp³-hybridized carbons (Fsp3) is 0.647. The van der Waals surface area contributed by atoms with Gasteiger partial charge in [0, 0.05) is 17.6 Å². The lowest BCUT2D eigenvalue weighted by Gasteiger charge is -2.25. The normalized spacial score (nSPS) is 25.8. The third-order valence-corrected chi connectivity index (χ3v) is 4.41. The smallest absolute Gasteiger partial charge is 0.120 e. The molecule has 19 heavy (non-hydrogen) atoms. The first kappa shape index (κ1) is 14.4. The summed E-state index contributed by atoms with van der Waals surface area (Å²) in [7, 11) is 0. The number of phenolic OH excluding ortho intramolecular Hbond substituents is 1. The van der Waals surface area contributed by atoms with E-state index in [9.17, 15) is 5.11 Å². The molecule has 0 spiro atoms. The predicted molar refractivity (Wildman–Crippen MR) is 80.3 cm³/mol. The van der Waals surface area contributed by atoms with E-state index >= 15 is 0 Å². The molecule has 0 heterocycles. The quantitative estimate of drug-likeness (QED) is 0.787. The Balaban J connectivity index is 2.01. The van der Waals surface area contributed by atoms with E-state index in [2.05, 4.69) is 19.2 Å². The number of hydrogen-bond acceptors (Lipinski definition) is 2. The molecule has 0 saturated heterocycles. The molecule has 1 aliphatic rings. The lowest BCUT2D eigenvalue weighted by molar-refractivity contribution is 0.375. The van der Waals surface area contributed by atoms with Gasteiger partial charge in [-0.15, -0.1) is 0 Å². The summed E-state index contributed by atoms with van der Waals surface area (Å²) in [5, 5.41) is 13.8. The monoisotopic (exact) mass is 261 g/mol. The molecule has 3 unspecified atom stereocenters. The molecule has 0 aliphatic heterocycles. The molecule has 1 fully saturated rings. The molecule has 2 heteroatoms. The third-order valence-electron chi connectivity index (χ3n) is 4.41. The maximum absolute atomic E-state index is 10.00. The number of para-hydroxylation sites is 1. The minimum Gasteiger partial charge on any atom is -0.508 e. The van der Waals surface area contributed by atoms with Crippen molar-refractivity contribution < 1.29 is 5.11 Å². The highest BCUT2D eigenvalue weighted by Crippen LogP contribution is 2.29. The van der Waals surface area contributed by atoms with Crippen LogP contribution in [-0.4, -0.2) is 11.1 Å². The largest absolute Gasteiger partial charge is 0.508 e. The molecular weight excluding hydrogens is 234 g/mol. The Bertz CT molecular complexity index is 391. The van der Waals surface area contributed by atoms with Crippen LogP contribution in [0.3, 0.4) is 0 Å². The first-order valence-electron chi connectivity index (χ1n) is 7.74. The van der Waals surface area contributed by atoms with Gasteiger partial charge < -0.3 is 10.4 Å². The van der Waals surface area contributed by atoms with Crippen LogP contribution in [0.4, 0.5) is 0 Å². The van der Waals surface area contributed by atoms with Gasteiger partial charge in [0.2, 0.25) is 0 Å². The molecule has 0 aromatic heterocycles. The SMILES string of the molecule is CCC(NC1CCCC(C)CC1)c1ccccc1O. The number of hydrogen-bond donors (Lipinski definition) is 2. The number of rotatable bonds is 4. The first-order chi connectivity index (χ1) is 9.20. The Labute approximate surface area is 117 Å². The number of aromatic hydroxyl groups is 1. The van der Waals surface area contributed by atoms with Gasteiger partial charge in [0.05, 0.1) is 0 Å². The lowest BCUT2D eigenvalue weighted by atomic mass is 9.99. The van der Waals surface area contributed by atoms with Crippen molar-refractivity contribution in [3.05, 3.63) is 29.8 Å². The molecule has 1 saturated carbocycles. The zero-order valence-electron chi connectivity index (χ0n) is 12.2. The molecule has 0 bridgehead atoms. The first-order valence-corrected chi connectivity index (χ1v) is 7.74. The summed E-state index contributed by atoms with van der Waals surface area (Å²) in [6, 6.07) is 8.60. The Morgan fingerprint density at radius 3 is 2.74 bits per heavy atom.